The number of hydrogen-bond acceptors (Lipinski definition) is 2. The highest BCUT2D eigenvalue weighted by atomic mass is 16.2. The highest BCUT2D eigenvalue weighted by molar-refractivity contribution is 5.81. The van der Waals surface area contributed by atoms with Crippen molar-refractivity contribution in [3.05, 3.63) is 29.8 Å². The van der Waals surface area contributed by atoms with Crippen LogP contribution < -0.4 is 5.32 Å². The number of nitrogens with zero attached hydrogens (tertiary/aromatic N) is 1. The van der Waals surface area contributed by atoms with Crippen LogP contribution in [0, 0.1) is 5.92 Å². The number of para-hydroxylation sites is 1. The molecule has 1 amide bonds. The molecule has 104 valence electrons. The summed E-state index contributed by atoms with van der Waals surface area (Å²) >= 11 is 0. The van der Waals surface area contributed by atoms with Gasteiger partial charge in [0.1, 0.15) is 0 Å². The molecule has 1 aromatic rings. The first-order valence-corrected chi connectivity index (χ1v) is 7.22. The van der Waals surface area contributed by atoms with Crippen LogP contribution in [0.1, 0.15) is 32.3 Å². The molecule has 2 rings (SSSR count). The van der Waals surface area contributed by atoms with E-state index < -0.39 is 0 Å². The van der Waals surface area contributed by atoms with Crippen LogP contribution in [-0.2, 0) is 11.2 Å². The van der Waals surface area contributed by atoms with E-state index in [-0.39, 0.29) is 11.8 Å². The van der Waals surface area contributed by atoms with Crippen molar-refractivity contribution in [1.82, 2.24) is 4.90 Å². The average molecular weight is 260 g/mol. The molecule has 0 bridgehead atoms. The van der Waals surface area contributed by atoms with Crippen molar-refractivity contribution in [2.75, 3.05) is 18.9 Å². The maximum absolute atomic E-state index is 12.5. The van der Waals surface area contributed by atoms with Gasteiger partial charge < -0.3 is 10.2 Å². The molecular weight excluding hydrogens is 236 g/mol. The molecule has 0 aromatic heterocycles. The maximum atomic E-state index is 12.5. The van der Waals surface area contributed by atoms with E-state index in [9.17, 15) is 4.79 Å². The lowest BCUT2D eigenvalue weighted by molar-refractivity contribution is -0.135. The highest BCUT2D eigenvalue weighted by Gasteiger charge is 2.28. The lowest BCUT2D eigenvalue weighted by Crippen LogP contribution is -2.43. The van der Waals surface area contributed by atoms with Crippen molar-refractivity contribution in [3.63, 3.8) is 0 Å². The number of fused-ring (bicyclic) bond motifs is 1. The zero-order chi connectivity index (χ0) is 13.8. The highest BCUT2D eigenvalue weighted by Crippen LogP contribution is 2.25. The molecule has 1 aliphatic heterocycles. The molecule has 3 heteroatoms. The minimum atomic E-state index is 0.0687. The molecule has 0 saturated heterocycles. The Kier molecular flexibility index (Phi) is 4.46. The lowest BCUT2D eigenvalue weighted by Gasteiger charge is -2.32. The van der Waals surface area contributed by atoms with Crippen molar-refractivity contribution >= 4 is 11.6 Å². The van der Waals surface area contributed by atoms with Crippen LogP contribution in [0.3, 0.4) is 0 Å². The summed E-state index contributed by atoms with van der Waals surface area (Å²) in [6.45, 7) is 5.04. The topological polar surface area (TPSA) is 32.3 Å². The predicted octanol–water partition coefficient (Wildman–Crippen LogP) is 2.92. The van der Waals surface area contributed by atoms with E-state index in [1.54, 1.807) is 0 Å². The third kappa shape index (κ3) is 3.09. The van der Waals surface area contributed by atoms with Crippen LogP contribution in [0.5, 0.6) is 0 Å². The Morgan fingerprint density at radius 2 is 2.21 bits per heavy atom. The van der Waals surface area contributed by atoms with E-state index in [4.69, 9.17) is 0 Å². The summed E-state index contributed by atoms with van der Waals surface area (Å²) < 4.78 is 0. The van der Waals surface area contributed by atoms with Gasteiger partial charge in [-0.15, -0.1) is 0 Å². The molecule has 2 unspecified atom stereocenters. The summed E-state index contributed by atoms with van der Waals surface area (Å²) in [5, 5.41) is 3.37. The van der Waals surface area contributed by atoms with Crippen LogP contribution in [0.4, 0.5) is 5.69 Å². The van der Waals surface area contributed by atoms with Crippen molar-refractivity contribution in [3.8, 4) is 0 Å². The summed E-state index contributed by atoms with van der Waals surface area (Å²) in [5.41, 5.74) is 2.43. The van der Waals surface area contributed by atoms with Gasteiger partial charge in [0.05, 0.1) is 5.92 Å². The molecule has 1 heterocycles. The molecule has 0 radical (unpaired) electrons. The zero-order valence-electron chi connectivity index (χ0n) is 12.1. The number of carbonyl (C=O) groups excluding carboxylic acids is 1. The van der Waals surface area contributed by atoms with Crippen LogP contribution in [0.15, 0.2) is 24.3 Å². The molecule has 19 heavy (non-hydrogen) atoms. The first-order valence-electron chi connectivity index (χ1n) is 7.22. The Labute approximate surface area is 116 Å². The predicted molar refractivity (Wildman–Crippen MR) is 79.3 cm³/mol. The smallest absolute Gasteiger partial charge is 0.227 e. The van der Waals surface area contributed by atoms with E-state index in [0.29, 0.717) is 6.04 Å². The summed E-state index contributed by atoms with van der Waals surface area (Å²) in [7, 11) is 1.93. The number of nitrogens with one attached hydrogen (secondary N) is 1. The van der Waals surface area contributed by atoms with E-state index in [1.807, 2.05) is 24.1 Å². The van der Waals surface area contributed by atoms with Crippen LogP contribution >= 0.6 is 0 Å². The monoisotopic (exact) mass is 260 g/mol. The van der Waals surface area contributed by atoms with Gasteiger partial charge in [0.25, 0.3) is 0 Å². The standard InChI is InChI=1S/C16H24N2O/c1-4-7-12(2)18(3)16(19)14-10-13-8-5-6-9-15(13)17-11-14/h5-6,8-9,12,14,17H,4,7,10-11H2,1-3H3. The lowest BCUT2D eigenvalue weighted by atomic mass is 9.92. The molecule has 0 aliphatic carbocycles. The number of anilines is 1. The minimum Gasteiger partial charge on any atom is -0.384 e. The SMILES string of the molecule is CCCC(C)N(C)C(=O)C1CNc2ccccc2C1. The second-order valence-electron chi connectivity index (χ2n) is 5.53. The molecular formula is C16H24N2O. The molecule has 3 nitrogen and oxygen atoms in total. The van der Waals surface area contributed by atoms with Gasteiger partial charge in [-0.2, -0.15) is 0 Å². The molecule has 0 saturated carbocycles. The summed E-state index contributed by atoms with van der Waals surface area (Å²) in [6.07, 6.45) is 3.04. The fourth-order valence-corrected chi connectivity index (χ4v) is 2.73. The number of rotatable bonds is 4. The van der Waals surface area contributed by atoms with E-state index in [1.165, 1.54) is 11.3 Å². The molecule has 2 atom stereocenters. The Bertz CT molecular complexity index is 444. The van der Waals surface area contributed by atoms with E-state index >= 15 is 0 Å². The normalized spacial score (nSPS) is 19.2. The van der Waals surface area contributed by atoms with E-state index in [2.05, 4.69) is 31.3 Å². The largest absolute Gasteiger partial charge is 0.384 e. The Morgan fingerprint density at radius 1 is 1.47 bits per heavy atom. The van der Waals surface area contributed by atoms with E-state index in [0.717, 1.165) is 25.8 Å². The van der Waals surface area contributed by atoms with Gasteiger partial charge in [-0.1, -0.05) is 31.5 Å². The number of hydrogen-bond donors (Lipinski definition) is 1. The van der Waals surface area contributed by atoms with Gasteiger partial charge in [-0.25, -0.2) is 0 Å². The third-order valence-corrected chi connectivity index (χ3v) is 4.09. The first kappa shape index (κ1) is 13.9. The fourth-order valence-electron chi connectivity index (χ4n) is 2.73. The van der Waals surface area contributed by atoms with Crippen molar-refractivity contribution in [2.24, 2.45) is 5.92 Å². The molecule has 0 fully saturated rings. The quantitative estimate of drug-likeness (QED) is 0.902. The van der Waals surface area contributed by atoms with Crippen molar-refractivity contribution in [1.29, 1.82) is 0 Å². The summed E-state index contributed by atoms with van der Waals surface area (Å²) in [4.78, 5) is 14.4. The second-order valence-corrected chi connectivity index (χ2v) is 5.53. The second kappa shape index (κ2) is 6.09. The Balaban J connectivity index is 2.02. The van der Waals surface area contributed by atoms with Crippen LogP contribution in [0.2, 0.25) is 0 Å². The van der Waals surface area contributed by atoms with Crippen molar-refractivity contribution in [2.45, 2.75) is 39.2 Å². The molecule has 1 aromatic carbocycles. The Hall–Kier alpha value is -1.51. The average Bonchev–Trinajstić information content (AvgIpc) is 2.45. The molecule has 0 spiro atoms. The van der Waals surface area contributed by atoms with Gasteiger partial charge in [-0.05, 0) is 31.4 Å². The fraction of sp³-hybridized carbons (Fsp3) is 0.562. The van der Waals surface area contributed by atoms with Gasteiger partial charge >= 0.3 is 0 Å². The van der Waals surface area contributed by atoms with Crippen LogP contribution in [-0.4, -0.2) is 30.4 Å². The van der Waals surface area contributed by atoms with Gasteiger partial charge in [-0.3, -0.25) is 4.79 Å². The molecule has 1 aliphatic rings. The number of carbonyl (C=O) groups is 1. The van der Waals surface area contributed by atoms with Crippen molar-refractivity contribution < 1.29 is 4.79 Å². The van der Waals surface area contributed by atoms with Crippen LogP contribution in [0.25, 0.3) is 0 Å². The maximum Gasteiger partial charge on any atom is 0.227 e. The molecule has 1 N–H and O–H groups in total. The van der Waals surface area contributed by atoms with Gasteiger partial charge in [0.15, 0.2) is 0 Å². The number of amides is 1. The summed E-state index contributed by atoms with van der Waals surface area (Å²) in [5.74, 6) is 0.335. The number of benzene rings is 1. The summed E-state index contributed by atoms with van der Waals surface area (Å²) in [6, 6.07) is 8.59. The first-order chi connectivity index (χ1) is 9.13. The zero-order valence-corrected chi connectivity index (χ0v) is 12.1. The van der Waals surface area contributed by atoms with Gasteiger partial charge in [0, 0.05) is 25.3 Å². The minimum absolute atomic E-state index is 0.0687. The third-order valence-electron chi connectivity index (χ3n) is 4.09. The van der Waals surface area contributed by atoms with Gasteiger partial charge in [0.2, 0.25) is 5.91 Å². The Morgan fingerprint density at radius 3 is 2.95 bits per heavy atom.